The molecule has 3 heteroatoms. The van der Waals surface area contributed by atoms with Gasteiger partial charge in [0, 0.05) is 19.4 Å². The summed E-state index contributed by atoms with van der Waals surface area (Å²) in [5, 5.41) is 0. The van der Waals surface area contributed by atoms with Gasteiger partial charge < -0.3 is 4.74 Å². The molecule has 3 rings (SSSR count). The van der Waals surface area contributed by atoms with Gasteiger partial charge in [-0.25, -0.2) is 4.57 Å². The highest BCUT2D eigenvalue weighted by Crippen LogP contribution is 2.32. The molecule has 2 aromatic carbocycles. The number of hydrogen-bond donors (Lipinski definition) is 0. The molecule has 166 valence electrons. The van der Waals surface area contributed by atoms with Crippen molar-refractivity contribution in [3.63, 3.8) is 0 Å². The predicted molar refractivity (Wildman–Crippen MR) is 130 cm³/mol. The maximum absolute atomic E-state index is 5.63. The van der Waals surface area contributed by atoms with Crippen LogP contribution in [0.3, 0.4) is 0 Å². The topological polar surface area (TPSA) is 18.0 Å². The zero-order valence-corrected chi connectivity index (χ0v) is 20.8. The van der Waals surface area contributed by atoms with Crippen molar-refractivity contribution in [3.05, 3.63) is 76.4 Å². The Morgan fingerprint density at radius 3 is 1.97 bits per heavy atom. The van der Waals surface area contributed by atoms with Crippen molar-refractivity contribution in [2.75, 3.05) is 7.11 Å². The van der Waals surface area contributed by atoms with Crippen LogP contribution in [-0.2, 0) is 6.54 Å². The minimum Gasteiger partial charge on any atom is -0.492 e. The molecule has 0 bridgehead atoms. The first-order chi connectivity index (χ1) is 14.6. The lowest BCUT2D eigenvalue weighted by molar-refractivity contribution is -0.693. The molecular weight excluding hydrogens is 380 g/mol. The van der Waals surface area contributed by atoms with Crippen LogP contribution in [0, 0.1) is 13.8 Å². The Morgan fingerprint density at radius 2 is 1.45 bits per heavy atom. The summed E-state index contributed by atoms with van der Waals surface area (Å²) in [6.07, 6.45) is 2.23. The van der Waals surface area contributed by atoms with Gasteiger partial charge in [0.15, 0.2) is 11.4 Å². The molecule has 1 heterocycles. The van der Waals surface area contributed by atoms with Gasteiger partial charge in [-0.3, -0.25) is 0 Å². The fraction of sp³-hybridized carbons (Fsp3) is 0.464. The van der Waals surface area contributed by atoms with Crippen molar-refractivity contribution in [2.24, 2.45) is 0 Å². The Morgan fingerprint density at radius 1 is 0.871 bits per heavy atom. The van der Waals surface area contributed by atoms with Crippen LogP contribution >= 0.6 is 0 Å². The van der Waals surface area contributed by atoms with Gasteiger partial charge in [0.05, 0.1) is 7.11 Å². The molecular formula is C28H39N2O+. The average molecular weight is 420 g/mol. The lowest BCUT2D eigenvalue weighted by atomic mass is 9.84. The summed E-state index contributed by atoms with van der Waals surface area (Å²) in [5.74, 6) is 2.40. The molecule has 3 aromatic rings. The third kappa shape index (κ3) is 4.56. The van der Waals surface area contributed by atoms with E-state index in [9.17, 15) is 0 Å². The molecule has 0 aliphatic carbocycles. The number of benzene rings is 2. The van der Waals surface area contributed by atoms with Crippen LogP contribution in [0.15, 0.2) is 42.7 Å². The van der Waals surface area contributed by atoms with Crippen LogP contribution in [0.2, 0.25) is 0 Å². The number of nitrogens with zero attached hydrogens (tertiary/aromatic N) is 2. The van der Waals surface area contributed by atoms with E-state index in [1.807, 2.05) is 12.1 Å². The van der Waals surface area contributed by atoms with Gasteiger partial charge in [0.25, 0.3) is 0 Å². The summed E-state index contributed by atoms with van der Waals surface area (Å²) in [5.41, 5.74) is 9.46. The lowest BCUT2D eigenvalue weighted by Crippen LogP contribution is -2.36. The second-order valence-electron chi connectivity index (χ2n) is 9.60. The number of imidazole rings is 1. The van der Waals surface area contributed by atoms with Crippen molar-refractivity contribution < 1.29 is 9.30 Å². The summed E-state index contributed by atoms with van der Waals surface area (Å²) in [6, 6.07) is 13.1. The third-order valence-corrected chi connectivity index (χ3v) is 6.50. The number of methoxy groups -OCH3 is 1. The van der Waals surface area contributed by atoms with Crippen molar-refractivity contribution >= 4 is 0 Å². The molecule has 0 unspecified atom stereocenters. The predicted octanol–water partition coefficient (Wildman–Crippen LogP) is 6.81. The molecule has 31 heavy (non-hydrogen) atoms. The van der Waals surface area contributed by atoms with Crippen LogP contribution in [0.4, 0.5) is 0 Å². The normalized spacial score (nSPS) is 11.7. The van der Waals surface area contributed by atoms with Crippen LogP contribution in [-0.4, -0.2) is 11.7 Å². The molecule has 0 fully saturated rings. The molecule has 0 spiro atoms. The Labute approximate surface area is 188 Å². The number of ether oxygens (including phenoxy) is 1. The van der Waals surface area contributed by atoms with Crippen LogP contribution in [0.5, 0.6) is 5.75 Å². The summed E-state index contributed by atoms with van der Waals surface area (Å²) in [4.78, 5) is 0. The standard InChI is InChI=1S/C28H39N2O/c1-18(2)23-14-24(19(3)4)26(25(15-23)20(5)6)16-29-17-30(22(8)21(29)7)27-12-10-11-13-28(27)31-9/h10-15,17-20H,16H2,1-9H3/q+1. The summed E-state index contributed by atoms with van der Waals surface area (Å²) >= 11 is 0. The van der Waals surface area contributed by atoms with Gasteiger partial charge >= 0.3 is 0 Å². The number of para-hydroxylation sites is 2. The van der Waals surface area contributed by atoms with Gasteiger partial charge in [-0.1, -0.05) is 65.8 Å². The Balaban J connectivity index is 2.15. The van der Waals surface area contributed by atoms with Crippen LogP contribution in [0.25, 0.3) is 5.69 Å². The average Bonchev–Trinajstić information content (AvgIpc) is 3.01. The Hall–Kier alpha value is -2.55. The minimum atomic E-state index is 0.490. The zero-order valence-electron chi connectivity index (χ0n) is 20.8. The molecule has 1 aromatic heterocycles. The van der Waals surface area contributed by atoms with Gasteiger partial charge in [-0.05, 0) is 46.6 Å². The van der Waals surface area contributed by atoms with E-state index < -0.39 is 0 Å². The maximum atomic E-state index is 5.63. The zero-order chi connectivity index (χ0) is 22.9. The summed E-state index contributed by atoms with van der Waals surface area (Å²) in [7, 11) is 1.73. The second kappa shape index (κ2) is 9.30. The largest absolute Gasteiger partial charge is 0.492 e. The van der Waals surface area contributed by atoms with Gasteiger partial charge in [0.2, 0.25) is 6.33 Å². The molecule has 0 aliphatic rings. The first-order valence-corrected chi connectivity index (χ1v) is 11.5. The van der Waals surface area contributed by atoms with Crippen LogP contribution < -0.4 is 9.30 Å². The summed E-state index contributed by atoms with van der Waals surface area (Å²) in [6.45, 7) is 19.1. The Bertz CT molecular complexity index is 1030. The van der Waals surface area contributed by atoms with Crippen molar-refractivity contribution in [1.29, 1.82) is 0 Å². The second-order valence-corrected chi connectivity index (χ2v) is 9.60. The number of hydrogen-bond acceptors (Lipinski definition) is 1. The first kappa shape index (κ1) is 23.1. The molecule has 0 saturated carbocycles. The SMILES string of the molecule is COc1ccccc1-n1c[n+](Cc2c(C(C)C)cc(C(C)C)cc2C(C)C)c(C)c1C. The molecule has 0 saturated heterocycles. The molecule has 3 nitrogen and oxygen atoms in total. The van der Waals surface area contributed by atoms with E-state index in [4.69, 9.17) is 4.74 Å². The highest BCUT2D eigenvalue weighted by atomic mass is 16.5. The molecule has 0 amide bonds. The number of rotatable bonds is 7. The van der Waals surface area contributed by atoms with E-state index in [0.717, 1.165) is 18.0 Å². The smallest absolute Gasteiger partial charge is 0.249 e. The third-order valence-electron chi connectivity index (χ3n) is 6.50. The lowest BCUT2D eigenvalue weighted by Gasteiger charge is -2.22. The van der Waals surface area contributed by atoms with Gasteiger partial charge in [0.1, 0.15) is 17.9 Å². The minimum absolute atomic E-state index is 0.490. The quantitative estimate of drug-likeness (QED) is 0.385. The van der Waals surface area contributed by atoms with E-state index in [0.29, 0.717) is 17.8 Å². The fourth-order valence-electron chi connectivity index (χ4n) is 4.38. The van der Waals surface area contributed by atoms with E-state index in [1.165, 1.54) is 33.6 Å². The molecule has 0 N–H and O–H groups in total. The van der Waals surface area contributed by atoms with Crippen molar-refractivity contribution in [2.45, 2.75) is 79.7 Å². The molecule has 0 aliphatic heterocycles. The summed E-state index contributed by atoms with van der Waals surface area (Å²) < 4.78 is 10.3. The van der Waals surface area contributed by atoms with Gasteiger partial charge in [-0.15, -0.1) is 0 Å². The maximum Gasteiger partial charge on any atom is 0.249 e. The monoisotopic (exact) mass is 419 g/mol. The van der Waals surface area contributed by atoms with E-state index in [2.05, 4.69) is 95.1 Å². The van der Waals surface area contributed by atoms with E-state index >= 15 is 0 Å². The first-order valence-electron chi connectivity index (χ1n) is 11.5. The fourth-order valence-corrected chi connectivity index (χ4v) is 4.38. The van der Waals surface area contributed by atoms with Crippen molar-refractivity contribution in [3.8, 4) is 11.4 Å². The van der Waals surface area contributed by atoms with E-state index in [-0.39, 0.29) is 0 Å². The molecule has 0 radical (unpaired) electrons. The van der Waals surface area contributed by atoms with E-state index in [1.54, 1.807) is 7.11 Å². The highest BCUT2D eigenvalue weighted by molar-refractivity contribution is 5.47. The highest BCUT2D eigenvalue weighted by Gasteiger charge is 2.24. The van der Waals surface area contributed by atoms with Gasteiger partial charge in [-0.2, -0.15) is 4.57 Å². The number of aromatic nitrogens is 2. The molecule has 0 atom stereocenters. The van der Waals surface area contributed by atoms with Crippen molar-refractivity contribution in [1.82, 2.24) is 4.57 Å². The Kier molecular flexibility index (Phi) is 6.93. The van der Waals surface area contributed by atoms with Crippen LogP contribution in [0.1, 0.15) is 92.9 Å².